The molecule has 7 heteroatoms. The number of fused-ring (bicyclic) bond motifs is 1. The van der Waals surface area contributed by atoms with Crippen molar-refractivity contribution in [2.24, 2.45) is 17.8 Å². The molecule has 19 heavy (non-hydrogen) atoms. The molecule has 0 saturated heterocycles. The summed E-state index contributed by atoms with van der Waals surface area (Å²) in [5, 5.41) is 8.65. The Morgan fingerprint density at radius 3 is 2.58 bits per heavy atom. The van der Waals surface area contributed by atoms with Crippen LogP contribution >= 0.6 is 0 Å². The maximum absolute atomic E-state index is 11.4. The minimum atomic E-state index is -2.00. The molecular weight excluding hydrogens is 272 g/mol. The van der Waals surface area contributed by atoms with E-state index in [2.05, 4.69) is 0 Å². The van der Waals surface area contributed by atoms with Crippen molar-refractivity contribution >= 4 is 23.5 Å². The van der Waals surface area contributed by atoms with Crippen molar-refractivity contribution in [2.75, 3.05) is 0 Å². The molecule has 6 atom stereocenters. The zero-order valence-corrected chi connectivity index (χ0v) is 11.3. The van der Waals surface area contributed by atoms with Crippen LogP contribution in [0.1, 0.15) is 32.1 Å². The van der Waals surface area contributed by atoms with Gasteiger partial charge in [-0.1, -0.05) is 0 Å². The Kier molecular flexibility index (Phi) is 4.57. The molecule has 0 aromatic rings. The van der Waals surface area contributed by atoms with Gasteiger partial charge in [-0.05, 0) is 43.9 Å². The molecule has 2 fully saturated rings. The van der Waals surface area contributed by atoms with E-state index in [0.717, 1.165) is 0 Å². The molecule has 2 aliphatic rings. The zero-order chi connectivity index (χ0) is 14.0. The van der Waals surface area contributed by atoms with Crippen LogP contribution in [0.25, 0.3) is 0 Å². The third-order valence-electron chi connectivity index (χ3n) is 4.43. The second-order valence-corrected chi connectivity index (χ2v) is 6.57. The van der Waals surface area contributed by atoms with Crippen LogP contribution < -0.4 is 0 Å². The van der Waals surface area contributed by atoms with E-state index in [4.69, 9.17) is 9.84 Å². The van der Waals surface area contributed by atoms with Crippen molar-refractivity contribution < 1.29 is 28.2 Å². The number of carboxylic acid groups (broad SMARTS) is 1. The van der Waals surface area contributed by atoms with E-state index in [1.165, 1.54) is 0 Å². The molecule has 2 rings (SSSR count). The summed E-state index contributed by atoms with van der Waals surface area (Å²) in [6.07, 6.45) is 2.59. The van der Waals surface area contributed by atoms with Gasteiger partial charge < -0.3 is 14.4 Å². The van der Waals surface area contributed by atoms with Crippen molar-refractivity contribution in [2.45, 2.75) is 43.5 Å². The number of rotatable bonds is 4. The van der Waals surface area contributed by atoms with Gasteiger partial charge in [0.1, 0.15) is 6.10 Å². The molecule has 6 unspecified atom stereocenters. The van der Waals surface area contributed by atoms with Gasteiger partial charge in [-0.3, -0.25) is 9.59 Å². The third kappa shape index (κ3) is 3.14. The smallest absolute Gasteiger partial charge is 0.306 e. The van der Waals surface area contributed by atoms with Gasteiger partial charge in [0.05, 0.1) is 11.2 Å². The van der Waals surface area contributed by atoms with Gasteiger partial charge in [0.2, 0.25) is 0 Å². The van der Waals surface area contributed by atoms with Crippen LogP contribution in [0, 0.1) is 17.8 Å². The highest BCUT2D eigenvalue weighted by molar-refractivity contribution is 7.79. The molecule has 2 aliphatic carbocycles. The molecule has 6 nitrogen and oxygen atoms in total. The molecule has 0 aliphatic heterocycles. The molecular formula is C12H18O6S. The Labute approximate surface area is 113 Å². The van der Waals surface area contributed by atoms with Gasteiger partial charge in [0.25, 0.3) is 6.47 Å². The lowest BCUT2D eigenvalue weighted by Gasteiger charge is -2.43. The molecule has 2 saturated carbocycles. The summed E-state index contributed by atoms with van der Waals surface area (Å²) < 4.78 is 25.7. The minimum Gasteiger partial charge on any atom is -0.481 e. The van der Waals surface area contributed by atoms with Crippen LogP contribution in [0.3, 0.4) is 0 Å². The lowest BCUT2D eigenvalue weighted by atomic mass is 9.66. The first-order valence-electron chi connectivity index (χ1n) is 6.44. The molecule has 0 radical (unpaired) electrons. The Morgan fingerprint density at radius 1 is 1.26 bits per heavy atom. The Balaban J connectivity index is 2.11. The average Bonchev–Trinajstić information content (AvgIpc) is 2.37. The Morgan fingerprint density at radius 2 is 2.00 bits per heavy atom. The van der Waals surface area contributed by atoms with Gasteiger partial charge in [-0.25, -0.2) is 4.21 Å². The number of carboxylic acids is 1. The summed E-state index contributed by atoms with van der Waals surface area (Å²) in [7, 11) is 0. The minimum absolute atomic E-state index is 0.0506. The quantitative estimate of drug-likeness (QED) is 0.592. The number of ether oxygens (including phenoxy) is 1. The lowest BCUT2D eigenvalue weighted by molar-refractivity contribution is -0.146. The summed E-state index contributed by atoms with van der Waals surface area (Å²) in [6.45, 7) is 0.421. The maximum atomic E-state index is 11.4. The fraction of sp³-hybridized carbons (Fsp3) is 0.833. The van der Waals surface area contributed by atoms with Crippen LogP contribution in [-0.2, 0) is 25.4 Å². The highest BCUT2D eigenvalue weighted by Crippen LogP contribution is 2.45. The number of carbonyl (C=O) groups is 2. The van der Waals surface area contributed by atoms with Gasteiger partial charge in [0.15, 0.2) is 11.1 Å². The van der Waals surface area contributed by atoms with Crippen LogP contribution in [0.5, 0.6) is 0 Å². The van der Waals surface area contributed by atoms with Crippen molar-refractivity contribution in [3.63, 3.8) is 0 Å². The van der Waals surface area contributed by atoms with E-state index in [9.17, 15) is 18.4 Å². The van der Waals surface area contributed by atoms with Crippen LogP contribution in [-0.4, -0.2) is 37.7 Å². The van der Waals surface area contributed by atoms with Crippen LogP contribution in [0.4, 0.5) is 0 Å². The standard InChI is InChI=1S/C12H18O6S/c13-6-18-9-1-2-10-7(4-9)3-8(12(14)15)5-11(10)19(16)17/h6-11H,1-5H2,(H,14,15)(H,16,17). The fourth-order valence-corrected chi connectivity index (χ4v) is 4.61. The van der Waals surface area contributed by atoms with E-state index in [1.54, 1.807) is 0 Å². The second kappa shape index (κ2) is 6.00. The highest BCUT2D eigenvalue weighted by Gasteiger charge is 2.45. The van der Waals surface area contributed by atoms with Gasteiger partial charge in [0, 0.05) is 0 Å². The molecule has 108 valence electrons. The lowest BCUT2D eigenvalue weighted by Crippen LogP contribution is -2.45. The Bertz CT molecular complexity index is 384. The molecule has 0 spiro atoms. The maximum Gasteiger partial charge on any atom is 0.306 e. The number of aliphatic carboxylic acids is 1. The average molecular weight is 290 g/mol. The summed E-state index contributed by atoms with van der Waals surface area (Å²) in [5.41, 5.74) is 0. The predicted octanol–water partition coefficient (Wildman–Crippen LogP) is 1.03. The zero-order valence-electron chi connectivity index (χ0n) is 10.4. The normalized spacial score (nSPS) is 39.9. The molecule has 0 bridgehead atoms. The van der Waals surface area contributed by atoms with Crippen LogP contribution in [0.15, 0.2) is 0 Å². The monoisotopic (exact) mass is 290 g/mol. The second-order valence-electron chi connectivity index (χ2n) is 5.41. The SMILES string of the molecule is O=COC1CCC2C(C1)CC(C(=O)O)CC2S(=O)O. The van der Waals surface area contributed by atoms with E-state index >= 15 is 0 Å². The molecule has 0 heterocycles. The summed E-state index contributed by atoms with van der Waals surface area (Å²) in [6, 6.07) is 0. The van der Waals surface area contributed by atoms with E-state index in [0.29, 0.717) is 32.2 Å². The molecule has 0 amide bonds. The largest absolute Gasteiger partial charge is 0.481 e. The van der Waals surface area contributed by atoms with Crippen LogP contribution in [0.2, 0.25) is 0 Å². The Hall–Kier alpha value is -0.950. The first kappa shape index (κ1) is 14.5. The summed E-state index contributed by atoms with van der Waals surface area (Å²) >= 11 is -2.00. The van der Waals surface area contributed by atoms with E-state index in [1.807, 2.05) is 0 Å². The van der Waals surface area contributed by atoms with Crippen molar-refractivity contribution in [3.8, 4) is 0 Å². The first-order chi connectivity index (χ1) is 9.02. The number of carbonyl (C=O) groups excluding carboxylic acids is 1. The summed E-state index contributed by atoms with van der Waals surface area (Å²) in [4.78, 5) is 21.5. The first-order valence-corrected chi connectivity index (χ1v) is 7.61. The van der Waals surface area contributed by atoms with Gasteiger partial charge in [-0.2, -0.15) is 0 Å². The van der Waals surface area contributed by atoms with Crippen molar-refractivity contribution in [1.29, 1.82) is 0 Å². The number of hydrogen-bond acceptors (Lipinski definition) is 4. The number of hydrogen-bond donors (Lipinski definition) is 2. The highest BCUT2D eigenvalue weighted by atomic mass is 32.2. The van der Waals surface area contributed by atoms with Gasteiger partial charge >= 0.3 is 5.97 Å². The summed E-state index contributed by atoms with van der Waals surface area (Å²) in [5.74, 6) is -1.37. The van der Waals surface area contributed by atoms with Crippen molar-refractivity contribution in [3.05, 3.63) is 0 Å². The molecule has 2 N–H and O–H groups in total. The van der Waals surface area contributed by atoms with Gasteiger partial charge in [-0.15, -0.1) is 0 Å². The predicted molar refractivity (Wildman–Crippen MR) is 66.7 cm³/mol. The van der Waals surface area contributed by atoms with Crippen molar-refractivity contribution in [1.82, 2.24) is 0 Å². The topological polar surface area (TPSA) is 101 Å². The third-order valence-corrected chi connectivity index (χ3v) is 5.49. The molecule has 0 aromatic heterocycles. The van der Waals surface area contributed by atoms with E-state index < -0.39 is 28.2 Å². The molecule has 0 aromatic carbocycles. The fourth-order valence-electron chi connectivity index (χ4n) is 3.56. The van der Waals surface area contributed by atoms with E-state index in [-0.39, 0.29) is 24.4 Å².